The summed E-state index contributed by atoms with van der Waals surface area (Å²) in [6.45, 7) is 5.23. The molecule has 1 atom stereocenters. The summed E-state index contributed by atoms with van der Waals surface area (Å²) in [5, 5.41) is 3.44. The summed E-state index contributed by atoms with van der Waals surface area (Å²) in [6.07, 6.45) is 2.65. The van der Waals surface area contributed by atoms with Gasteiger partial charge in [-0.15, -0.1) is 0 Å². The van der Waals surface area contributed by atoms with Crippen LogP contribution in [-0.2, 0) is 13.0 Å². The van der Waals surface area contributed by atoms with E-state index in [1.165, 1.54) is 11.1 Å². The van der Waals surface area contributed by atoms with Crippen molar-refractivity contribution >= 4 is 5.96 Å². The van der Waals surface area contributed by atoms with Gasteiger partial charge in [0.15, 0.2) is 17.5 Å². The Morgan fingerprint density at radius 2 is 1.97 bits per heavy atom. The molecule has 0 radical (unpaired) electrons. The number of methoxy groups -OCH3 is 2. The summed E-state index contributed by atoms with van der Waals surface area (Å²) in [5.41, 5.74) is 2.55. The van der Waals surface area contributed by atoms with Gasteiger partial charge in [-0.1, -0.05) is 0 Å². The molecule has 2 aromatic rings. The average Bonchev–Trinajstić information content (AvgIpc) is 3.25. The van der Waals surface area contributed by atoms with Crippen molar-refractivity contribution in [2.45, 2.75) is 25.9 Å². The lowest BCUT2D eigenvalue weighted by Crippen LogP contribution is -2.44. The number of likely N-dealkylation sites (N-methyl/N-ethyl adjacent to an activating group) is 1. The van der Waals surface area contributed by atoms with Crippen LogP contribution < -0.4 is 14.8 Å². The monoisotopic (exact) mass is 400 g/mol. The number of ether oxygens (including phenoxy) is 2. The van der Waals surface area contributed by atoms with Gasteiger partial charge in [0, 0.05) is 19.6 Å². The van der Waals surface area contributed by atoms with Crippen LogP contribution in [0.15, 0.2) is 39.9 Å². The Balaban J connectivity index is 1.80. The van der Waals surface area contributed by atoms with Gasteiger partial charge in [-0.25, -0.2) is 0 Å². The highest BCUT2D eigenvalue weighted by atomic mass is 16.5. The van der Waals surface area contributed by atoms with Gasteiger partial charge in [-0.3, -0.25) is 9.89 Å². The van der Waals surface area contributed by atoms with Gasteiger partial charge in [0.2, 0.25) is 0 Å². The number of benzene rings is 1. The van der Waals surface area contributed by atoms with Gasteiger partial charge in [0.25, 0.3) is 0 Å². The van der Waals surface area contributed by atoms with E-state index in [1.807, 2.05) is 26.2 Å². The van der Waals surface area contributed by atoms with Gasteiger partial charge in [0.1, 0.15) is 5.76 Å². The summed E-state index contributed by atoms with van der Waals surface area (Å²) in [4.78, 5) is 9.37. The molecule has 29 heavy (non-hydrogen) atoms. The molecule has 1 unspecified atom stereocenters. The normalized spacial score (nSPS) is 15.2. The fourth-order valence-electron chi connectivity index (χ4n) is 3.65. The van der Waals surface area contributed by atoms with Gasteiger partial charge in [-0.2, -0.15) is 0 Å². The topological polar surface area (TPSA) is 62.5 Å². The zero-order valence-electron chi connectivity index (χ0n) is 18.1. The van der Waals surface area contributed by atoms with E-state index in [1.54, 1.807) is 20.5 Å². The van der Waals surface area contributed by atoms with Crippen LogP contribution in [0.1, 0.15) is 29.9 Å². The molecular formula is C22H32N4O3. The molecule has 7 heteroatoms. The fraction of sp³-hybridized carbons (Fsp3) is 0.500. The van der Waals surface area contributed by atoms with Crippen molar-refractivity contribution in [3.8, 4) is 11.5 Å². The predicted octanol–water partition coefficient (Wildman–Crippen LogP) is 2.92. The minimum Gasteiger partial charge on any atom is -0.493 e. The third-order valence-corrected chi connectivity index (χ3v) is 5.26. The lowest BCUT2D eigenvalue weighted by atomic mass is 9.99. The van der Waals surface area contributed by atoms with E-state index in [4.69, 9.17) is 18.9 Å². The van der Waals surface area contributed by atoms with E-state index in [0.29, 0.717) is 6.54 Å². The molecule has 0 amide bonds. The summed E-state index contributed by atoms with van der Waals surface area (Å²) < 4.78 is 16.6. The number of nitrogens with one attached hydrogen (secondary N) is 1. The third kappa shape index (κ3) is 4.85. The van der Waals surface area contributed by atoms with Crippen molar-refractivity contribution in [2.24, 2.45) is 4.99 Å². The third-order valence-electron chi connectivity index (χ3n) is 5.26. The molecule has 0 bridgehead atoms. The minimum atomic E-state index is 0.0973. The number of hydrogen-bond acceptors (Lipinski definition) is 5. The second-order valence-electron chi connectivity index (χ2n) is 7.34. The molecule has 1 aromatic carbocycles. The first kappa shape index (κ1) is 21.0. The van der Waals surface area contributed by atoms with E-state index >= 15 is 0 Å². The number of rotatable bonds is 7. The Morgan fingerprint density at radius 1 is 1.24 bits per heavy atom. The maximum atomic E-state index is 5.62. The van der Waals surface area contributed by atoms with Crippen LogP contribution in [0.4, 0.5) is 0 Å². The van der Waals surface area contributed by atoms with Crippen molar-refractivity contribution < 1.29 is 13.9 Å². The van der Waals surface area contributed by atoms with Crippen molar-refractivity contribution in [1.29, 1.82) is 0 Å². The van der Waals surface area contributed by atoms with Crippen molar-refractivity contribution in [3.05, 3.63) is 47.4 Å². The highest BCUT2D eigenvalue weighted by molar-refractivity contribution is 5.80. The van der Waals surface area contributed by atoms with Gasteiger partial charge in [0.05, 0.1) is 33.1 Å². The second kappa shape index (κ2) is 9.69. The van der Waals surface area contributed by atoms with Crippen LogP contribution in [0.5, 0.6) is 11.5 Å². The Bertz CT molecular complexity index is 818. The molecule has 0 aliphatic carbocycles. The molecule has 2 heterocycles. The highest BCUT2D eigenvalue weighted by Crippen LogP contribution is 2.33. The number of guanidine groups is 1. The number of fused-ring (bicyclic) bond motifs is 1. The molecule has 1 aliphatic rings. The number of hydrogen-bond donors (Lipinski definition) is 1. The lowest BCUT2D eigenvalue weighted by Gasteiger charge is -2.32. The van der Waals surface area contributed by atoms with E-state index in [9.17, 15) is 0 Å². The predicted molar refractivity (Wildman–Crippen MR) is 115 cm³/mol. The zero-order chi connectivity index (χ0) is 20.8. The largest absolute Gasteiger partial charge is 0.493 e. The molecule has 158 valence electrons. The molecule has 0 saturated carbocycles. The molecule has 0 saturated heterocycles. The Morgan fingerprint density at radius 3 is 2.55 bits per heavy atom. The van der Waals surface area contributed by atoms with Crippen LogP contribution in [-0.4, -0.2) is 63.7 Å². The molecule has 1 N–H and O–H groups in total. The molecule has 7 nitrogen and oxygen atoms in total. The second-order valence-corrected chi connectivity index (χ2v) is 7.34. The first-order valence-electron chi connectivity index (χ1n) is 10.0. The SMILES string of the molecule is CCNC(=NCC(c1ccco1)N(C)C)N1CCc2cc(OC)c(OC)cc2C1. The zero-order valence-corrected chi connectivity index (χ0v) is 18.1. The van der Waals surface area contributed by atoms with Gasteiger partial charge >= 0.3 is 0 Å². The number of aliphatic imine (C=N–C) groups is 1. The van der Waals surface area contributed by atoms with Crippen molar-refractivity contribution in [2.75, 3.05) is 47.9 Å². The average molecular weight is 401 g/mol. The molecule has 1 aliphatic heterocycles. The first-order valence-corrected chi connectivity index (χ1v) is 10.0. The molecule has 3 rings (SSSR count). The van der Waals surface area contributed by atoms with Crippen molar-refractivity contribution in [1.82, 2.24) is 15.1 Å². The maximum Gasteiger partial charge on any atom is 0.194 e. The number of nitrogens with zero attached hydrogens (tertiary/aromatic N) is 3. The smallest absolute Gasteiger partial charge is 0.194 e. The Hall–Kier alpha value is -2.67. The summed E-state index contributed by atoms with van der Waals surface area (Å²) >= 11 is 0. The summed E-state index contributed by atoms with van der Waals surface area (Å²) in [5.74, 6) is 3.40. The van der Waals surface area contributed by atoms with E-state index in [2.05, 4.69) is 34.2 Å². The maximum absolute atomic E-state index is 5.62. The molecule has 0 fully saturated rings. The fourth-order valence-corrected chi connectivity index (χ4v) is 3.65. The summed E-state index contributed by atoms with van der Waals surface area (Å²) in [7, 11) is 7.45. The summed E-state index contributed by atoms with van der Waals surface area (Å²) in [6, 6.07) is 8.19. The van der Waals surface area contributed by atoms with Gasteiger partial charge < -0.3 is 24.1 Å². The van der Waals surface area contributed by atoms with Crippen LogP contribution in [0.25, 0.3) is 0 Å². The van der Waals surface area contributed by atoms with Crippen LogP contribution in [0, 0.1) is 0 Å². The molecular weight excluding hydrogens is 368 g/mol. The quantitative estimate of drug-likeness (QED) is 0.570. The lowest BCUT2D eigenvalue weighted by molar-refractivity contribution is 0.263. The number of furan rings is 1. The Labute approximate surface area is 173 Å². The van der Waals surface area contributed by atoms with Crippen LogP contribution in [0.2, 0.25) is 0 Å². The standard InChI is InChI=1S/C22H32N4O3/c1-6-23-22(24-14-18(25(2)3)19-8-7-11-29-19)26-10-9-16-12-20(27-4)21(28-5)13-17(16)15-26/h7-8,11-13,18H,6,9-10,14-15H2,1-5H3,(H,23,24). The van der Waals surface area contributed by atoms with Crippen LogP contribution in [0.3, 0.4) is 0 Å². The molecule has 1 aromatic heterocycles. The minimum absolute atomic E-state index is 0.0973. The van der Waals surface area contributed by atoms with E-state index in [-0.39, 0.29) is 6.04 Å². The highest BCUT2D eigenvalue weighted by Gasteiger charge is 2.23. The molecule has 0 spiro atoms. The van der Waals surface area contributed by atoms with Gasteiger partial charge in [-0.05, 0) is 62.8 Å². The van der Waals surface area contributed by atoms with Crippen LogP contribution >= 0.6 is 0 Å². The van der Waals surface area contributed by atoms with E-state index in [0.717, 1.165) is 49.3 Å². The van der Waals surface area contributed by atoms with E-state index < -0.39 is 0 Å². The van der Waals surface area contributed by atoms with Crippen molar-refractivity contribution in [3.63, 3.8) is 0 Å². The first-order chi connectivity index (χ1) is 14.1. The Kier molecular flexibility index (Phi) is 7.04.